The van der Waals surface area contributed by atoms with Crippen LogP contribution in [0.5, 0.6) is 0 Å². The second-order valence-electron chi connectivity index (χ2n) is 4.13. The fourth-order valence-corrected chi connectivity index (χ4v) is 2.46. The number of carbonyl (C=O) groups excluding carboxylic acids is 1. The number of pyridine rings is 1. The number of fused-ring (bicyclic) bond motifs is 3. The average molecular weight is 255 g/mol. The van der Waals surface area contributed by atoms with Crippen LogP contribution in [0.2, 0.25) is 5.02 Å². The van der Waals surface area contributed by atoms with Gasteiger partial charge in [0.25, 0.3) is 0 Å². The monoisotopic (exact) mass is 254 g/mol. The van der Waals surface area contributed by atoms with E-state index in [-0.39, 0.29) is 12.0 Å². The molecule has 0 saturated carbocycles. The first kappa shape index (κ1) is 10.8. The molecular formula is C11H11ClN2O3. The molecule has 0 aromatic carbocycles. The summed E-state index contributed by atoms with van der Waals surface area (Å²) in [6.07, 6.45) is 1.57. The number of ether oxygens (including phenoxy) is 2. The fraction of sp³-hybridized carbons (Fsp3) is 0.455. The van der Waals surface area contributed by atoms with E-state index in [1.165, 1.54) is 6.20 Å². The van der Waals surface area contributed by atoms with Crippen molar-refractivity contribution in [2.45, 2.75) is 18.4 Å². The summed E-state index contributed by atoms with van der Waals surface area (Å²) in [4.78, 5) is 15.7. The zero-order chi connectivity index (χ0) is 11.8. The van der Waals surface area contributed by atoms with Crippen LogP contribution in [0.15, 0.2) is 12.3 Å². The van der Waals surface area contributed by atoms with Gasteiger partial charge in [0.05, 0.1) is 11.6 Å². The molecule has 0 spiro atoms. The van der Waals surface area contributed by atoms with Crippen LogP contribution in [0.25, 0.3) is 0 Å². The number of halogens is 1. The Labute approximate surface area is 103 Å². The highest BCUT2D eigenvalue weighted by atomic mass is 35.5. The molecule has 90 valence electrons. The minimum Gasteiger partial charge on any atom is -0.443 e. The van der Waals surface area contributed by atoms with Crippen LogP contribution in [0.1, 0.15) is 17.9 Å². The van der Waals surface area contributed by atoms with E-state index in [0.29, 0.717) is 24.1 Å². The summed E-state index contributed by atoms with van der Waals surface area (Å²) in [5, 5.41) is 3.18. The predicted octanol–water partition coefficient (Wildman–Crippen LogP) is 2.17. The van der Waals surface area contributed by atoms with Crippen molar-refractivity contribution < 1.29 is 14.3 Å². The molecule has 6 heteroatoms. The molecule has 1 aromatic heterocycles. The van der Waals surface area contributed by atoms with Crippen molar-refractivity contribution in [1.82, 2.24) is 4.98 Å². The summed E-state index contributed by atoms with van der Waals surface area (Å²) in [6.45, 7) is 1.08. The smallest absolute Gasteiger partial charge is 0.413 e. The largest absolute Gasteiger partial charge is 0.443 e. The Kier molecular flexibility index (Phi) is 2.64. The number of anilines is 1. The number of nitrogens with one attached hydrogen (secondary N) is 1. The molecule has 1 aromatic rings. The third kappa shape index (κ3) is 1.96. The Morgan fingerprint density at radius 2 is 2.41 bits per heavy atom. The first-order valence-corrected chi connectivity index (χ1v) is 5.82. The summed E-state index contributed by atoms with van der Waals surface area (Å²) >= 11 is 5.95. The molecule has 5 nitrogen and oxygen atoms in total. The van der Waals surface area contributed by atoms with Crippen LogP contribution in [0.3, 0.4) is 0 Å². The molecule has 1 N–H and O–H groups in total. The lowest BCUT2D eigenvalue weighted by atomic mass is 9.90. The van der Waals surface area contributed by atoms with E-state index >= 15 is 0 Å². The van der Waals surface area contributed by atoms with Gasteiger partial charge >= 0.3 is 6.09 Å². The van der Waals surface area contributed by atoms with Crippen molar-refractivity contribution in [3.05, 3.63) is 22.8 Å². The quantitative estimate of drug-likeness (QED) is 0.771. The predicted molar refractivity (Wildman–Crippen MR) is 61.3 cm³/mol. The number of rotatable bonds is 0. The second-order valence-corrected chi connectivity index (χ2v) is 4.57. The lowest BCUT2D eigenvalue weighted by Crippen LogP contribution is -2.33. The average Bonchev–Trinajstić information content (AvgIpc) is 2.45. The van der Waals surface area contributed by atoms with Gasteiger partial charge < -0.3 is 9.47 Å². The number of hydrogen-bond acceptors (Lipinski definition) is 4. The topological polar surface area (TPSA) is 60.5 Å². The Morgan fingerprint density at radius 1 is 1.53 bits per heavy atom. The number of aromatic nitrogens is 1. The molecule has 2 atom stereocenters. The Balaban J connectivity index is 2.07. The van der Waals surface area contributed by atoms with Gasteiger partial charge in [0.1, 0.15) is 11.9 Å². The summed E-state index contributed by atoms with van der Waals surface area (Å²) in [6, 6.07) is 1.84. The maximum Gasteiger partial charge on any atom is 0.413 e. The van der Waals surface area contributed by atoms with E-state index in [1.54, 1.807) is 0 Å². The highest BCUT2D eigenvalue weighted by molar-refractivity contribution is 6.30. The number of carbonyl (C=O) groups is 1. The molecule has 0 unspecified atom stereocenters. The van der Waals surface area contributed by atoms with Crippen molar-refractivity contribution in [1.29, 1.82) is 0 Å². The molecule has 1 saturated heterocycles. The van der Waals surface area contributed by atoms with E-state index in [0.717, 1.165) is 12.0 Å². The van der Waals surface area contributed by atoms with Crippen molar-refractivity contribution in [2.24, 2.45) is 0 Å². The minimum absolute atomic E-state index is 0.101. The van der Waals surface area contributed by atoms with Crippen LogP contribution < -0.4 is 5.32 Å². The lowest BCUT2D eigenvalue weighted by Gasteiger charge is -2.29. The van der Waals surface area contributed by atoms with Gasteiger partial charge in [-0.15, -0.1) is 0 Å². The van der Waals surface area contributed by atoms with Gasteiger partial charge in [0.15, 0.2) is 0 Å². The van der Waals surface area contributed by atoms with Crippen LogP contribution in [0, 0.1) is 0 Å². The van der Waals surface area contributed by atoms with E-state index < -0.39 is 6.09 Å². The van der Waals surface area contributed by atoms with Crippen LogP contribution in [-0.4, -0.2) is 30.4 Å². The normalized spacial score (nSPS) is 27.2. The molecular weight excluding hydrogens is 244 g/mol. The van der Waals surface area contributed by atoms with E-state index in [2.05, 4.69) is 10.3 Å². The van der Waals surface area contributed by atoms with Gasteiger partial charge in [-0.2, -0.15) is 0 Å². The third-order valence-corrected chi connectivity index (χ3v) is 3.27. The molecule has 0 bridgehead atoms. The van der Waals surface area contributed by atoms with Crippen LogP contribution in [-0.2, 0) is 9.47 Å². The van der Waals surface area contributed by atoms with E-state index in [4.69, 9.17) is 21.1 Å². The van der Waals surface area contributed by atoms with Crippen molar-refractivity contribution in [3.63, 3.8) is 0 Å². The van der Waals surface area contributed by atoms with Gasteiger partial charge in [-0.05, 0) is 12.5 Å². The summed E-state index contributed by atoms with van der Waals surface area (Å²) in [7, 11) is 0. The maximum atomic E-state index is 11.5. The minimum atomic E-state index is -0.487. The SMILES string of the molecule is O=C1Nc2ncc(Cl)cc2[C@@H]2CCOC[C@@H]2O1. The number of hydrogen-bond donors (Lipinski definition) is 1. The lowest BCUT2D eigenvalue weighted by molar-refractivity contribution is -0.0245. The molecule has 17 heavy (non-hydrogen) atoms. The summed E-state index contributed by atoms with van der Waals surface area (Å²) < 4.78 is 10.6. The van der Waals surface area contributed by atoms with Crippen LogP contribution in [0.4, 0.5) is 10.6 Å². The molecule has 3 rings (SSSR count). The standard InChI is InChI=1S/C11H11ClN2O3/c12-6-3-8-7-1-2-16-5-9(7)17-11(15)14-10(8)13-4-6/h3-4,7,9H,1-2,5H2,(H,13,14,15)/t7-,9-/m0/s1. The zero-order valence-electron chi connectivity index (χ0n) is 8.98. The third-order valence-electron chi connectivity index (χ3n) is 3.07. The highest BCUT2D eigenvalue weighted by Gasteiger charge is 2.35. The van der Waals surface area contributed by atoms with Crippen molar-refractivity contribution >= 4 is 23.5 Å². The fourth-order valence-electron chi connectivity index (χ4n) is 2.29. The first-order valence-electron chi connectivity index (χ1n) is 5.45. The molecule has 2 aliphatic heterocycles. The molecule has 3 heterocycles. The highest BCUT2D eigenvalue weighted by Crippen LogP contribution is 2.36. The van der Waals surface area contributed by atoms with E-state index in [9.17, 15) is 4.79 Å². The van der Waals surface area contributed by atoms with Gasteiger partial charge in [-0.1, -0.05) is 11.6 Å². The summed E-state index contributed by atoms with van der Waals surface area (Å²) in [5.74, 6) is 0.637. The molecule has 1 amide bonds. The zero-order valence-corrected chi connectivity index (χ0v) is 9.74. The second kappa shape index (κ2) is 4.16. The first-order chi connectivity index (χ1) is 8.24. The maximum absolute atomic E-state index is 11.5. The number of nitrogens with zero attached hydrogens (tertiary/aromatic N) is 1. The molecule has 2 aliphatic rings. The number of amides is 1. The van der Waals surface area contributed by atoms with Crippen molar-refractivity contribution in [3.8, 4) is 0 Å². The van der Waals surface area contributed by atoms with E-state index in [1.807, 2.05) is 6.07 Å². The molecule has 0 radical (unpaired) electrons. The van der Waals surface area contributed by atoms with Gasteiger partial charge in [0.2, 0.25) is 0 Å². The Bertz CT molecular complexity index is 466. The van der Waals surface area contributed by atoms with Crippen LogP contribution >= 0.6 is 11.6 Å². The summed E-state index contributed by atoms with van der Waals surface area (Å²) in [5.41, 5.74) is 0.927. The Morgan fingerprint density at radius 3 is 3.29 bits per heavy atom. The van der Waals surface area contributed by atoms with Gasteiger partial charge in [-0.25, -0.2) is 9.78 Å². The molecule has 0 aliphatic carbocycles. The van der Waals surface area contributed by atoms with Gasteiger partial charge in [-0.3, -0.25) is 5.32 Å². The van der Waals surface area contributed by atoms with Gasteiger partial charge in [0, 0.05) is 24.3 Å². The van der Waals surface area contributed by atoms with Crippen molar-refractivity contribution in [2.75, 3.05) is 18.5 Å². The Hall–Kier alpha value is -1.33. The molecule has 1 fully saturated rings.